The van der Waals surface area contributed by atoms with Crippen molar-refractivity contribution in [1.82, 2.24) is 0 Å². The molecule has 0 radical (unpaired) electrons. The number of rotatable bonds is 2. The molecule has 0 amide bonds. The molecule has 38 valence electrons. The van der Waals surface area contributed by atoms with Gasteiger partial charge in [-0.05, 0) is 6.42 Å². The van der Waals surface area contributed by atoms with Crippen LogP contribution < -0.4 is 0 Å². The number of hydrogen-bond acceptors (Lipinski definition) is 0. The molecule has 0 fully saturated rings. The van der Waals surface area contributed by atoms with Gasteiger partial charge in [0.05, 0.1) is 0 Å². The van der Waals surface area contributed by atoms with Gasteiger partial charge in [0, 0.05) is 11.3 Å². The van der Waals surface area contributed by atoms with Crippen LogP contribution in [0, 0.1) is 0 Å². The highest BCUT2D eigenvalue weighted by Gasteiger charge is 1.93. The zero-order valence-corrected chi connectivity index (χ0v) is 5.26. The van der Waals surface area contributed by atoms with E-state index >= 15 is 0 Å². The molecule has 2 heteroatoms. The first-order chi connectivity index (χ1) is 2.81. The molecule has 0 aromatic heterocycles. The van der Waals surface area contributed by atoms with E-state index in [1.165, 1.54) is 0 Å². The molecule has 0 aromatic rings. The molecule has 0 saturated heterocycles. The maximum absolute atomic E-state index is 5.52. The summed E-state index contributed by atoms with van der Waals surface area (Å²) in [6.45, 7) is 2.01. The Hall–Kier alpha value is 0.580. The van der Waals surface area contributed by atoms with E-state index in [0.717, 1.165) is 6.42 Å². The Bertz CT molecular complexity index is 24.7. The minimum Gasteiger partial charge on any atom is -0.125 e. The summed E-state index contributed by atoms with van der Waals surface area (Å²) >= 11 is 10.8. The molecule has 0 rings (SSSR count). The van der Waals surface area contributed by atoms with Crippen molar-refractivity contribution in [2.24, 2.45) is 0 Å². The van der Waals surface area contributed by atoms with Crippen LogP contribution in [0.15, 0.2) is 0 Å². The monoisotopic (exact) mass is 126 g/mol. The van der Waals surface area contributed by atoms with E-state index < -0.39 is 0 Å². The van der Waals surface area contributed by atoms with Crippen molar-refractivity contribution in [3.63, 3.8) is 0 Å². The molecule has 0 N–H and O–H groups in total. The fourth-order valence-electron chi connectivity index (χ4n) is 0.109. The molecular weight excluding hydrogens is 119 g/mol. The lowest BCUT2D eigenvalue weighted by Gasteiger charge is -1.94. The molecule has 0 saturated carbocycles. The Labute approximate surface area is 48.4 Å². The number of halogens is 2. The molecule has 1 atom stereocenters. The molecule has 0 aliphatic carbocycles. The smallest absolute Gasteiger partial charge is 0.0468 e. The van der Waals surface area contributed by atoms with Crippen LogP contribution in [0.2, 0.25) is 0 Å². The van der Waals surface area contributed by atoms with Crippen LogP contribution in [0.3, 0.4) is 0 Å². The van der Waals surface area contributed by atoms with Crippen LogP contribution in [-0.4, -0.2) is 11.3 Å². The predicted octanol–water partition coefficient (Wildman–Crippen LogP) is 2.24. The maximum Gasteiger partial charge on any atom is 0.0468 e. The lowest BCUT2D eigenvalue weighted by atomic mass is 10.4. The van der Waals surface area contributed by atoms with Crippen molar-refractivity contribution in [3.8, 4) is 0 Å². The van der Waals surface area contributed by atoms with E-state index in [4.69, 9.17) is 23.2 Å². The standard InChI is InChI=1S/C4H8Cl2/c1-2-4(6)3-5/h4H,2-3H2,1H3/t4-/m0/s1. The van der Waals surface area contributed by atoms with Crippen LogP contribution in [-0.2, 0) is 0 Å². The summed E-state index contributed by atoms with van der Waals surface area (Å²) in [7, 11) is 0. The summed E-state index contributed by atoms with van der Waals surface area (Å²) in [5, 5.41) is 0.173. The van der Waals surface area contributed by atoms with Crippen LogP contribution in [0.4, 0.5) is 0 Å². The first kappa shape index (κ1) is 6.58. The molecule has 0 aliphatic heterocycles. The third kappa shape index (κ3) is 2.80. The summed E-state index contributed by atoms with van der Waals surface area (Å²) in [5.41, 5.74) is 0. The van der Waals surface area contributed by atoms with Crippen LogP contribution >= 0.6 is 23.2 Å². The van der Waals surface area contributed by atoms with Gasteiger partial charge in [-0.25, -0.2) is 0 Å². The predicted molar refractivity (Wildman–Crippen MR) is 30.7 cm³/mol. The Morgan fingerprint density at radius 2 is 2.17 bits per heavy atom. The molecule has 0 aliphatic rings. The minimum atomic E-state index is 0.173. The van der Waals surface area contributed by atoms with Gasteiger partial charge < -0.3 is 0 Å². The molecule has 6 heavy (non-hydrogen) atoms. The highest BCUT2D eigenvalue weighted by molar-refractivity contribution is 6.28. The second kappa shape index (κ2) is 3.76. The summed E-state index contributed by atoms with van der Waals surface area (Å²) in [4.78, 5) is 0. The SMILES string of the molecule is CC[C@H](Cl)CCl. The number of alkyl halides is 2. The van der Waals surface area contributed by atoms with E-state index in [9.17, 15) is 0 Å². The van der Waals surface area contributed by atoms with Gasteiger partial charge >= 0.3 is 0 Å². The van der Waals surface area contributed by atoms with Gasteiger partial charge in [0.2, 0.25) is 0 Å². The first-order valence-corrected chi connectivity index (χ1v) is 2.98. The van der Waals surface area contributed by atoms with Gasteiger partial charge in [-0.2, -0.15) is 0 Å². The topological polar surface area (TPSA) is 0 Å². The van der Waals surface area contributed by atoms with Gasteiger partial charge in [0.25, 0.3) is 0 Å². The van der Waals surface area contributed by atoms with Gasteiger partial charge in [-0.3, -0.25) is 0 Å². The van der Waals surface area contributed by atoms with Crippen LogP contribution in [0.5, 0.6) is 0 Å². The quantitative estimate of drug-likeness (QED) is 0.499. The van der Waals surface area contributed by atoms with E-state index in [2.05, 4.69) is 0 Å². The molecule has 0 unspecified atom stereocenters. The highest BCUT2D eigenvalue weighted by atomic mass is 35.5. The lowest BCUT2D eigenvalue weighted by molar-refractivity contribution is 0.902. The third-order valence-corrected chi connectivity index (χ3v) is 1.60. The maximum atomic E-state index is 5.52. The fourth-order valence-corrected chi connectivity index (χ4v) is 0.327. The Kier molecular flexibility index (Phi) is 4.12. The summed E-state index contributed by atoms with van der Waals surface area (Å²) in [6.07, 6.45) is 0.963. The van der Waals surface area contributed by atoms with Crippen molar-refractivity contribution >= 4 is 23.2 Å². The zero-order valence-electron chi connectivity index (χ0n) is 3.75. The van der Waals surface area contributed by atoms with E-state index in [1.807, 2.05) is 6.92 Å². The average molecular weight is 127 g/mol. The van der Waals surface area contributed by atoms with Gasteiger partial charge in [-0.15, -0.1) is 23.2 Å². The van der Waals surface area contributed by atoms with E-state index in [-0.39, 0.29) is 5.38 Å². The third-order valence-electron chi connectivity index (χ3n) is 0.610. The molecule has 0 heterocycles. The van der Waals surface area contributed by atoms with Crippen molar-refractivity contribution in [3.05, 3.63) is 0 Å². The van der Waals surface area contributed by atoms with Crippen LogP contribution in [0.1, 0.15) is 13.3 Å². The normalized spacial score (nSPS) is 14.5. The summed E-state index contributed by atoms with van der Waals surface area (Å²) in [6, 6.07) is 0. The number of hydrogen-bond donors (Lipinski definition) is 0. The molecule has 0 aromatic carbocycles. The summed E-state index contributed by atoms with van der Waals surface area (Å²) < 4.78 is 0. The summed E-state index contributed by atoms with van der Waals surface area (Å²) in [5.74, 6) is 0.568. The Morgan fingerprint density at radius 3 is 2.17 bits per heavy atom. The van der Waals surface area contributed by atoms with E-state index in [0.29, 0.717) is 5.88 Å². The molecule has 0 nitrogen and oxygen atoms in total. The van der Waals surface area contributed by atoms with Gasteiger partial charge in [-0.1, -0.05) is 6.92 Å². The molecule has 0 bridgehead atoms. The minimum absolute atomic E-state index is 0.173. The molecular formula is C4H8Cl2. The Balaban J connectivity index is 2.75. The van der Waals surface area contributed by atoms with Gasteiger partial charge in [0.15, 0.2) is 0 Å². The van der Waals surface area contributed by atoms with E-state index in [1.54, 1.807) is 0 Å². The van der Waals surface area contributed by atoms with Crippen molar-refractivity contribution in [2.75, 3.05) is 5.88 Å². The highest BCUT2D eigenvalue weighted by Crippen LogP contribution is 2.01. The van der Waals surface area contributed by atoms with Crippen molar-refractivity contribution < 1.29 is 0 Å². The zero-order chi connectivity index (χ0) is 4.99. The lowest BCUT2D eigenvalue weighted by Crippen LogP contribution is -1.94. The fraction of sp³-hybridized carbons (Fsp3) is 1.00. The van der Waals surface area contributed by atoms with Crippen LogP contribution in [0.25, 0.3) is 0 Å². The first-order valence-electron chi connectivity index (χ1n) is 2.01. The second-order valence-electron chi connectivity index (χ2n) is 1.16. The van der Waals surface area contributed by atoms with Crippen molar-refractivity contribution in [1.29, 1.82) is 0 Å². The molecule has 0 spiro atoms. The second-order valence-corrected chi connectivity index (χ2v) is 2.09. The Morgan fingerprint density at radius 1 is 1.67 bits per heavy atom. The largest absolute Gasteiger partial charge is 0.125 e. The van der Waals surface area contributed by atoms with Crippen molar-refractivity contribution in [2.45, 2.75) is 18.7 Å². The average Bonchev–Trinajstić information content (AvgIpc) is 1.65. The van der Waals surface area contributed by atoms with Gasteiger partial charge in [0.1, 0.15) is 0 Å².